The van der Waals surface area contributed by atoms with Gasteiger partial charge in [0.05, 0.1) is 29.0 Å². The summed E-state index contributed by atoms with van der Waals surface area (Å²) in [4.78, 5) is 28.2. The number of thiophene rings is 1. The quantitative estimate of drug-likeness (QED) is 0.285. The van der Waals surface area contributed by atoms with Gasteiger partial charge in [-0.2, -0.15) is 16.4 Å². The Balaban J connectivity index is 1.73. The summed E-state index contributed by atoms with van der Waals surface area (Å²) in [7, 11) is 1.58. The Morgan fingerprint density at radius 3 is 2.61 bits per heavy atom. The van der Waals surface area contributed by atoms with Crippen molar-refractivity contribution in [1.82, 2.24) is 15.1 Å². The van der Waals surface area contributed by atoms with Gasteiger partial charge in [0.15, 0.2) is 0 Å². The van der Waals surface area contributed by atoms with Crippen molar-refractivity contribution in [1.29, 1.82) is 0 Å². The Hall–Kier alpha value is -3.11. The summed E-state index contributed by atoms with van der Waals surface area (Å²) in [6.45, 7) is 2.66. The number of nitrogens with zero attached hydrogens (tertiary/aromatic N) is 3. The number of hydrogen-bond donors (Lipinski definition) is 1. The fourth-order valence-corrected chi connectivity index (χ4v) is 6.47. The molecule has 2 aromatic carbocycles. The average molecular weight is 567 g/mol. The van der Waals surface area contributed by atoms with Gasteiger partial charge in [0.1, 0.15) is 12.4 Å². The molecule has 2 aromatic heterocycles. The van der Waals surface area contributed by atoms with Crippen molar-refractivity contribution >= 4 is 52.3 Å². The lowest BCUT2D eigenvalue weighted by atomic mass is 10.0. The zero-order valence-corrected chi connectivity index (χ0v) is 23.4. The molecule has 0 fully saturated rings. The van der Waals surface area contributed by atoms with E-state index in [9.17, 15) is 9.59 Å². The number of aromatic nitrogens is 2. The zero-order chi connectivity index (χ0) is 26.6. The number of benzene rings is 2. The number of nitrogens with one attached hydrogen (secondary N) is 1. The van der Waals surface area contributed by atoms with Gasteiger partial charge in [0.25, 0.3) is 0 Å². The molecule has 38 heavy (non-hydrogen) atoms. The largest absolute Gasteiger partial charge is 0.383 e. The normalized spacial score (nSPS) is 15.3. The molecule has 0 bridgehead atoms. The van der Waals surface area contributed by atoms with Crippen LogP contribution in [0.25, 0.3) is 16.9 Å². The number of hydrogen-bond acceptors (Lipinski definition) is 6. The molecule has 0 radical (unpaired) electrons. The number of methoxy groups -OCH3 is 1. The summed E-state index contributed by atoms with van der Waals surface area (Å²) < 4.78 is 6.86. The summed E-state index contributed by atoms with van der Waals surface area (Å²) in [6.07, 6.45) is 0. The molecule has 0 aliphatic carbocycles. The van der Waals surface area contributed by atoms with Gasteiger partial charge in [0, 0.05) is 29.8 Å². The smallest absolute Gasteiger partial charge is 0.240 e. The minimum atomic E-state index is -0.259. The van der Waals surface area contributed by atoms with Crippen LogP contribution in [-0.2, 0) is 14.3 Å². The second-order valence-corrected chi connectivity index (χ2v) is 11.2. The van der Waals surface area contributed by atoms with E-state index in [1.165, 1.54) is 0 Å². The first-order chi connectivity index (χ1) is 18.5. The van der Waals surface area contributed by atoms with Gasteiger partial charge in [-0.3, -0.25) is 14.5 Å². The van der Waals surface area contributed by atoms with E-state index in [2.05, 4.69) is 16.8 Å². The van der Waals surface area contributed by atoms with Crippen LogP contribution in [-0.4, -0.2) is 54.2 Å². The van der Waals surface area contributed by atoms with E-state index in [1.807, 2.05) is 60.8 Å². The van der Waals surface area contributed by atoms with Gasteiger partial charge in [0.2, 0.25) is 11.8 Å². The van der Waals surface area contributed by atoms with Crippen molar-refractivity contribution in [3.05, 3.63) is 87.1 Å². The third kappa shape index (κ3) is 5.51. The van der Waals surface area contributed by atoms with E-state index >= 15 is 0 Å². The maximum Gasteiger partial charge on any atom is 0.240 e. The van der Waals surface area contributed by atoms with Crippen LogP contribution in [0.5, 0.6) is 0 Å². The maximum absolute atomic E-state index is 13.6. The number of fused-ring (bicyclic) bond motifs is 1. The second-order valence-electron chi connectivity index (χ2n) is 8.91. The molecule has 3 heterocycles. The third-order valence-electron chi connectivity index (χ3n) is 6.26. The Bertz CT molecular complexity index is 1420. The number of amides is 2. The highest BCUT2D eigenvalue weighted by molar-refractivity contribution is 8.00. The standard InChI is InChI=1S/C28H27ClN4O3S2/c1-18-3-9-22(10-4-18)33-28-25(26(31-33)19-5-7-21(29)8-6-19)27(20-11-14-37-16-20)38-17-24(35)32(28)15-23(34)30-12-13-36-2/h3-11,14,16,27H,12-13,15,17H2,1-2H3,(H,30,34). The molecule has 2 amide bonds. The number of ether oxygens (including phenoxy) is 1. The maximum atomic E-state index is 13.6. The lowest BCUT2D eigenvalue weighted by Gasteiger charge is -2.23. The predicted octanol–water partition coefficient (Wildman–Crippen LogP) is 5.49. The lowest BCUT2D eigenvalue weighted by molar-refractivity contribution is -0.123. The number of thioether (sulfide) groups is 1. The minimum Gasteiger partial charge on any atom is -0.383 e. The molecule has 4 aromatic rings. The second kappa shape index (κ2) is 11.7. The number of rotatable bonds is 8. The number of anilines is 1. The Labute approximate surface area is 234 Å². The summed E-state index contributed by atoms with van der Waals surface area (Å²) in [5, 5.41) is 12.6. The molecule has 1 atom stereocenters. The molecule has 0 saturated carbocycles. The summed E-state index contributed by atoms with van der Waals surface area (Å²) >= 11 is 9.38. The van der Waals surface area contributed by atoms with Gasteiger partial charge in [-0.05, 0) is 53.6 Å². The third-order valence-corrected chi connectivity index (χ3v) is 8.47. The van der Waals surface area contributed by atoms with Gasteiger partial charge in [-0.1, -0.05) is 41.4 Å². The van der Waals surface area contributed by atoms with Crippen molar-refractivity contribution in [2.45, 2.75) is 12.2 Å². The van der Waals surface area contributed by atoms with Crippen molar-refractivity contribution in [3.8, 4) is 16.9 Å². The van der Waals surface area contributed by atoms with E-state index < -0.39 is 0 Å². The molecule has 1 aliphatic heterocycles. The zero-order valence-electron chi connectivity index (χ0n) is 21.0. The SMILES string of the molecule is COCCNC(=O)CN1C(=O)CSC(c2ccsc2)c2c(-c3ccc(Cl)cc3)nn(-c3ccc(C)cc3)c21. The van der Waals surface area contributed by atoms with Crippen LogP contribution in [0.15, 0.2) is 65.4 Å². The van der Waals surface area contributed by atoms with E-state index in [-0.39, 0.29) is 29.4 Å². The fourth-order valence-electron chi connectivity index (χ4n) is 4.39. The minimum absolute atomic E-state index is 0.121. The van der Waals surface area contributed by atoms with E-state index in [0.717, 1.165) is 33.6 Å². The molecule has 1 unspecified atom stereocenters. The summed E-state index contributed by atoms with van der Waals surface area (Å²) in [5.41, 5.74) is 5.55. The van der Waals surface area contributed by atoms with Gasteiger partial charge < -0.3 is 10.1 Å². The highest BCUT2D eigenvalue weighted by Crippen LogP contribution is 2.49. The van der Waals surface area contributed by atoms with E-state index in [4.69, 9.17) is 21.4 Å². The molecule has 1 aliphatic rings. The van der Waals surface area contributed by atoms with Crippen LogP contribution in [0.2, 0.25) is 5.02 Å². The molecule has 10 heteroatoms. The first-order valence-corrected chi connectivity index (χ1v) is 14.5. The molecule has 5 rings (SSSR count). The topological polar surface area (TPSA) is 76.5 Å². The van der Waals surface area contributed by atoms with Crippen LogP contribution in [0.3, 0.4) is 0 Å². The van der Waals surface area contributed by atoms with Crippen molar-refractivity contribution < 1.29 is 14.3 Å². The van der Waals surface area contributed by atoms with Crippen molar-refractivity contribution in [2.75, 3.05) is 37.5 Å². The molecule has 7 nitrogen and oxygen atoms in total. The summed E-state index contributed by atoms with van der Waals surface area (Å²) in [5.74, 6) is 0.429. The van der Waals surface area contributed by atoms with E-state index in [1.54, 1.807) is 39.8 Å². The van der Waals surface area contributed by atoms with Crippen LogP contribution >= 0.6 is 34.7 Å². The van der Waals surface area contributed by atoms with Gasteiger partial charge in [-0.25, -0.2) is 4.68 Å². The lowest BCUT2D eigenvalue weighted by Crippen LogP contribution is -2.43. The first-order valence-electron chi connectivity index (χ1n) is 12.1. The Morgan fingerprint density at radius 2 is 1.92 bits per heavy atom. The van der Waals surface area contributed by atoms with Crippen LogP contribution in [0.1, 0.15) is 21.9 Å². The predicted molar refractivity (Wildman–Crippen MR) is 155 cm³/mol. The molecule has 196 valence electrons. The molecule has 1 N–H and O–H groups in total. The van der Waals surface area contributed by atoms with E-state index in [0.29, 0.717) is 24.0 Å². The highest BCUT2D eigenvalue weighted by Gasteiger charge is 2.37. The van der Waals surface area contributed by atoms with Crippen LogP contribution < -0.4 is 10.2 Å². The van der Waals surface area contributed by atoms with Crippen LogP contribution in [0, 0.1) is 6.92 Å². The molecule has 0 spiro atoms. The number of halogens is 1. The number of carbonyl (C=O) groups is 2. The monoisotopic (exact) mass is 566 g/mol. The van der Waals surface area contributed by atoms with Crippen molar-refractivity contribution in [2.24, 2.45) is 0 Å². The average Bonchev–Trinajstić information content (AvgIpc) is 3.55. The van der Waals surface area contributed by atoms with Crippen molar-refractivity contribution in [3.63, 3.8) is 0 Å². The molecule has 0 saturated heterocycles. The van der Waals surface area contributed by atoms with Crippen LogP contribution in [0.4, 0.5) is 5.82 Å². The Morgan fingerprint density at radius 1 is 1.16 bits per heavy atom. The molecular weight excluding hydrogens is 540 g/mol. The number of aryl methyl sites for hydroxylation is 1. The Kier molecular flexibility index (Phi) is 8.18. The van der Waals surface area contributed by atoms with Gasteiger partial charge in [-0.15, -0.1) is 11.8 Å². The first kappa shape index (κ1) is 26.5. The fraction of sp³-hybridized carbons (Fsp3) is 0.250. The highest BCUT2D eigenvalue weighted by atomic mass is 35.5. The summed E-state index contributed by atoms with van der Waals surface area (Å²) in [6, 6.07) is 17.6. The number of carbonyl (C=O) groups excluding carboxylic acids is 2. The van der Waals surface area contributed by atoms with Gasteiger partial charge >= 0.3 is 0 Å². The molecular formula is C28H27ClN4O3S2.